The molecule has 6 nitrogen and oxygen atoms in total. The van der Waals surface area contributed by atoms with Gasteiger partial charge in [-0.15, -0.1) is 0 Å². The highest BCUT2D eigenvalue weighted by atomic mass is 127. The summed E-state index contributed by atoms with van der Waals surface area (Å²) in [6.45, 7) is 0.172. The summed E-state index contributed by atoms with van der Waals surface area (Å²) >= 11 is 2.10. The normalized spacial score (nSPS) is 14.6. The first-order valence-corrected chi connectivity index (χ1v) is 10.7. The number of urea groups is 1. The molecule has 0 unspecified atom stereocenters. The van der Waals surface area contributed by atoms with E-state index in [1.54, 1.807) is 48.5 Å². The van der Waals surface area contributed by atoms with Gasteiger partial charge in [-0.1, -0.05) is 30.3 Å². The third kappa shape index (κ3) is 4.59. The van der Waals surface area contributed by atoms with Crippen LogP contribution in [0.5, 0.6) is 11.5 Å². The molecule has 1 fully saturated rings. The molecule has 4 rings (SSSR count). The summed E-state index contributed by atoms with van der Waals surface area (Å²) in [7, 11) is 1.51. The van der Waals surface area contributed by atoms with Crippen LogP contribution in [-0.4, -0.2) is 19.0 Å². The summed E-state index contributed by atoms with van der Waals surface area (Å²) in [6.07, 6.45) is 1.59. The molecule has 162 valence electrons. The van der Waals surface area contributed by atoms with E-state index < -0.39 is 11.9 Å². The minimum Gasteiger partial charge on any atom is -0.493 e. The molecule has 1 N–H and O–H groups in total. The van der Waals surface area contributed by atoms with Crippen molar-refractivity contribution in [1.29, 1.82) is 0 Å². The van der Waals surface area contributed by atoms with Crippen molar-refractivity contribution in [2.24, 2.45) is 0 Å². The molecule has 0 atom stereocenters. The van der Waals surface area contributed by atoms with Crippen molar-refractivity contribution >= 4 is 46.3 Å². The van der Waals surface area contributed by atoms with Gasteiger partial charge in [0, 0.05) is 0 Å². The van der Waals surface area contributed by atoms with Gasteiger partial charge in [0.1, 0.15) is 18.1 Å². The zero-order valence-corrected chi connectivity index (χ0v) is 19.1. The van der Waals surface area contributed by atoms with Crippen molar-refractivity contribution in [3.63, 3.8) is 0 Å². The Morgan fingerprint density at radius 2 is 1.84 bits per heavy atom. The molecule has 3 aromatic rings. The van der Waals surface area contributed by atoms with Gasteiger partial charge in [0.25, 0.3) is 5.91 Å². The van der Waals surface area contributed by atoms with Crippen molar-refractivity contribution in [2.75, 3.05) is 12.0 Å². The van der Waals surface area contributed by atoms with E-state index in [1.807, 2.05) is 12.1 Å². The van der Waals surface area contributed by atoms with Crippen LogP contribution in [-0.2, 0) is 11.4 Å². The van der Waals surface area contributed by atoms with E-state index in [-0.39, 0.29) is 18.1 Å². The third-order valence-electron chi connectivity index (χ3n) is 4.73. The molecule has 0 saturated carbocycles. The second-order valence-electron chi connectivity index (χ2n) is 6.92. The first-order valence-electron chi connectivity index (χ1n) is 9.63. The Morgan fingerprint density at radius 3 is 2.56 bits per heavy atom. The number of hydrogen-bond donors (Lipinski definition) is 1. The fraction of sp³-hybridized carbons (Fsp3) is 0.0833. The molecular weight excluding hydrogens is 526 g/mol. The molecule has 8 heteroatoms. The monoisotopic (exact) mass is 544 g/mol. The molecule has 0 aliphatic carbocycles. The van der Waals surface area contributed by atoms with E-state index in [4.69, 9.17) is 9.47 Å². The van der Waals surface area contributed by atoms with Crippen LogP contribution < -0.4 is 19.7 Å². The Kier molecular flexibility index (Phi) is 6.40. The van der Waals surface area contributed by atoms with Gasteiger partial charge in [-0.25, -0.2) is 14.1 Å². The average molecular weight is 544 g/mol. The maximum atomic E-state index is 13.4. The van der Waals surface area contributed by atoms with Crippen LogP contribution in [0.4, 0.5) is 14.9 Å². The Labute approximate surface area is 197 Å². The Bertz CT molecular complexity index is 1210. The van der Waals surface area contributed by atoms with Crippen molar-refractivity contribution in [3.05, 3.63) is 92.9 Å². The lowest BCUT2D eigenvalue weighted by atomic mass is 10.1. The number of anilines is 1. The second-order valence-corrected chi connectivity index (χ2v) is 8.08. The minimum absolute atomic E-state index is 0.158. The number of carbonyl (C=O) groups is 2. The first-order chi connectivity index (χ1) is 15.5. The predicted octanol–water partition coefficient (Wildman–Crippen LogP) is 5.12. The number of ether oxygens (including phenoxy) is 2. The molecular formula is C24H18FIN2O4. The van der Waals surface area contributed by atoms with E-state index in [1.165, 1.54) is 19.2 Å². The minimum atomic E-state index is -0.510. The summed E-state index contributed by atoms with van der Waals surface area (Å²) < 4.78 is 25.5. The van der Waals surface area contributed by atoms with Crippen LogP contribution in [0.3, 0.4) is 0 Å². The highest BCUT2D eigenvalue weighted by Gasteiger charge is 2.34. The third-order valence-corrected chi connectivity index (χ3v) is 5.53. The first kappa shape index (κ1) is 21.8. The number of nitrogens with one attached hydrogen (secondary N) is 1. The Morgan fingerprint density at radius 1 is 1.06 bits per heavy atom. The number of para-hydroxylation sites is 1. The lowest BCUT2D eigenvalue weighted by Crippen LogP contribution is -2.30. The molecule has 1 heterocycles. The summed E-state index contributed by atoms with van der Waals surface area (Å²) in [4.78, 5) is 26.2. The number of carbonyl (C=O) groups excluding carboxylic acids is 2. The lowest BCUT2D eigenvalue weighted by molar-refractivity contribution is -0.113. The van der Waals surface area contributed by atoms with Gasteiger partial charge in [0.05, 0.1) is 16.4 Å². The standard InChI is InChI=1S/C24H18FIN2O4/c1-31-21-13-16(11-19(26)22(21)32-14-15-6-5-7-17(25)10-15)12-20-23(29)28(24(30)27-20)18-8-3-2-4-9-18/h2-13H,14H2,1H3,(H,27,30)/b20-12+. The van der Waals surface area contributed by atoms with Crippen molar-refractivity contribution < 1.29 is 23.5 Å². The summed E-state index contributed by atoms with van der Waals surface area (Å²) in [5.74, 6) is 0.188. The maximum absolute atomic E-state index is 13.4. The van der Waals surface area contributed by atoms with E-state index >= 15 is 0 Å². The van der Waals surface area contributed by atoms with Crippen molar-refractivity contribution in [2.45, 2.75) is 6.61 Å². The van der Waals surface area contributed by atoms with Gasteiger partial charge >= 0.3 is 6.03 Å². The zero-order valence-electron chi connectivity index (χ0n) is 17.0. The fourth-order valence-corrected chi connectivity index (χ4v) is 4.04. The number of amides is 3. The fourth-order valence-electron chi connectivity index (χ4n) is 3.26. The van der Waals surface area contributed by atoms with Crippen molar-refractivity contribution in [3.8, 4) is 11.5 Å². The predicted molar refractivity (Wildman–Crippen MR) is 127 cm³/mol. The summed E-state index contributed by atoms with van der Waals surface area (Å²) in [6, 6.07) is 17.9. The molecule has 3 amide bonds. The highest BCUT2D eigenvalue weighted by Crippen LogP contribution is 2.35. The summed E-state index contributed by atoms with van der Waals surface area (Å²) in [5.41, 5.74) is 1.99. The van der Waals surface area contributed by atoms with Gasteiger partial charge < -0.3 is 14.8 Å². The highest BCUT2D eigenvalue weighted by molar-refractivity contribution is 14.1. The van der Waals surface area contributed by atoms with E-state index in [0.717, 1.165) is 8.47 Å². The van der Waals surface area contributed by atoms with Crippen LogP contribution >= 0.6 is 22.6 Å². The Balaban J connectivity index is 1.58. The molecule has 0 bridgehead atoms. The van der Waals surface area contributed by atoms with E-state index in [2.05, 4.69) is 27.9 Å². The van der Waals surface area contributed by atoms with E-state index in [9.17, 15) is 14.0 Å². The number of rotatable bonds is 6. The number of halogens is 2. The lowest BCUT2D eigenvalue weighted by Gasteiger charge is -2.14. The van der Waals surface area contributed by atoms with Crippen molar-refractivity contribution in [1.82, 2.24) is 5.32 Å². The smallest absolute Gasteiger partial charge is 0.333 e. The van der Waals surface area contributed by atoms with Crippen LogP contribution in [0, 0.1) is 9.39 Å². The van der Waals surface area contributed by atoms with Crippen LogP contribution in [0.15, 0.2) is 72.4 Å². The quantitative estimate of drug-likeness (QED) is 0.266. The largest absolute Gasteiger partial charge is 0.493 e. The number of nitrogens with zero attached hydrogens (tertiary/aromatic N) is 1. The van der Waals surface area contributed by atoms with Crippen LogP contribution in [0.25, 0.3) is 6.08 Å². The molecule has 0 aromatic heterocycles. The number of imide groups is 1. The zero-order chi connectivity index (χ0) is 22.7. The molecule has 32 heavy (non-hydrogen) atoms. The second kappa shape index (κ2) is 9.39. The van der Waals surface area contributed by atoms with E-state index in [0.29, 0.717) is 28.3 Å². The van der Waals surface area contributed by atoms with Gasteiger partial charge in [-0.2, -0.15) is 0 Å². The van der Waals surface area contributed by atoms with Gasteiger partial charge in [-0.3, -0.25) is 4.79 Å². The van der Waals surface area contributed by atoms with Crippen LogP contribution in [0.1, 0.15) is 11.1 Å². The van der Waals surface area contributed by atoms with Gasteiger partial charge in [0.2, 0.25) is 0 Å². The van der Waals surface area contributed by atoms with Gasteiger partial charge in [0.15, 0.2) is 11.5 Å². The number of methoxy groups -OCH3 is 1. The molecule has 0 spiro atoms. The van der Waals surface area contributed by atoms with Crippen LogP contribution in [0.2, 0.25) is 0 Å². The Hall–Kier alpha value is -3.40. The molecule has 0 radical (unpaired) electrons. The molecule has 1 saturated heterocycles. The number of hydrogen-bond acceptors (Lipinski definition) is 4. The molecule has 3 aromatic carbocycles. The molecule has 1 aliphatic rings. The number of benzene rings is 3. The molecule has 1 aliphatic heterocycles. The summed E-state index contributed by atoms with van der Waals surface area (Å²) in [5, 5.41) is 2.61. The SMILES string of the molecule is COc1cc(/C=C2/NC(=O)N(c3ccccc3)C2=O)cc(I)c1OCc1cccc(F)c1. The maximum Gasteiger partial charge on any atom is 0.333 e. The topological polar surface area (TPSA) is 67.9 Å². The average Bonchev–Trinajstić information content (AvgIpc) is 3.06. The van der Waals surface area contributed by atoms with Gasteiger partial charge in [-0.05, 0) is 76.2 Å².